The van der Waals surface area contributed by atoms with Gasteiger partial charge in [0.05, 0.1) is 14.2 Å². The maximum atomic E-state index is 5.54. The van der Waals surface area contributed by atoms with Crippen LogP contribution in [0.5, 0.6) is 11.5 Å². The molecule has 1 aliphatic rings. The minimum absolute atomic E-state index is 0. The zero-order valence-corrected chi connectivity index (χ0v) is 14.9. The molecule has 1 saturated heterocycles. The molecule has 1 aromatic heterocycles. The van der Waals surface area contributed by atoms with E-state index in [1.165, 1.54) is 11.1 Å². The van der Waals surface area contributed by atoms with Gasteiger partial charge in [-0.15, -0.1) is 12.4 Å². The molecule has 0 amide bonds. The number of aromatic nitrogens is 1. The predicted molar refractivity (Wildman–Crippen MR) is 97.1 cm³/mol. The van der Waals surface area contributed by atoms with E-state index >= 15 is 0 Å². The van der Waals surface area contributed by atoms with Crippen molar-refractivity contribution in [2.45, 2.75) is 12.6 Å². The molecule has 0 radical (unpaired) electrons. The Morgan fingerprint density at radius 3 is 2.67 bits per heavy atom. The number of hydrogen-bond acceptors (Lipinski definition) is 5. The van der Waals surface area contributed by atoms with Crippen LogP contribution in [0.1, 0.15) is 17.2 Å². The number of nitrogens with one attached hydrogen (secondary N) is 1. The lowest BCUT2D eigenvalue weighted by atomic mass is 10.0. The third-order valence-corrected chi connectivity index (χ3v) is 4.31. The Morgan fingerprint density at radius 1 is 1.17 bits per heavy atom. The van der Waals surface area contributed by atoms with E-state index in [0.29, 0.717) is 6.04 Å². The van der Waals surface area contributed by atoms with E-state index in [4.69, 9.17) is 9.47 Å². The Hall–Kier alpha value is -1.82. The molecule has 1 aliphatic heterocycles. The Balaban J connectivity index is 0.00000208. The molecular weight excluding hydrogens is 326 g/mol. The summed E-state index contributed by atoms with van der Waals surface area (Å²) < 4.78 is 10.8. The van der Waals surface area contributed by atoms with Crippen LogP contribution in [0, 0.1) is 0 Å². The molecule has 0 spiro atoms. The van der Waals surface area contributed by atoms with Gasteiger partial charge >= 0.3 is 0 Å². The summed E-state index contributed by atoms with van der Waals surface area (Å²) in [5.41, 5.74) is 2.47. The number of methoxy groups -OCH3 is 2. The summed E-state index contributed by atoms with van der Waals surface area (Å²) in [5, 5.41) is 3.48. The molecule has 1 N–H and O–H groups in total. The number of benzene rings is 1. The third-order valence-electron chi connectivity index (χ3n) is 4.31. The number of pyridine rings is 1. The highest BCUT2D eigenvalue weighted by molar-refractivity contribution is 5.85. The smallest absolute Gasteiger partial charge is 0.127 e. The minimum Gasteiger partial charge on any atom is -0.497 e. The normalized spacial score (nSPS) is 17.8. The number of ether oxygens (including phenoxy) is 2. The van der Waals surface area contributed by atoms with Crippen LogP contribution < -0.4 is 14.8 Å². The van der Waals surface area contributed by atoms with Gasteiger partial charge < -0.3 is 14.8 Å². The Bertz CT molecular complexity index is 639. The molecule has 6 heteroatoms. The summed E-state index contributed by atoms with van der Waals surface area (Å²) in [6.45, 7) is 3.80. The van der Waals surface area contributed by atoms with Crippen molar-refractivity contribution >= 4 is 12.4 Å². The Labute approximate surface area is 149 Å². The number of rotatable bonds is 5. The van der Waals surface area contributed by atoms with Crippen molar-refractivity contribution in [3.8, 4) is 11.5 Å². The second kappa shape index (κ2) is 8.87. The highest BCUT2D eigenvalue weighted by Crippen LogP contribution is 2.29. The van der Waals surface area contributed by atoms with Crippen LogP contribution in [0.15, 0.2) is 42.7 Å². The van der Waals surface area contributed by atoms with E-state index in [9.17, 15) is 0 Å². The zero-order chi connectivity index (χ0) is 16.1. The van der Waals surface area contributed by atoms with E-state index in [-0.39, 0.29) is 12.4 Å². The van der Waals surface area contributed by atoms with Crippen molar-refractivity contribution in [2.24, 2.45) is 0 Å². The summed E-state index contributed by atoms with van der Waals surface area (Å²) in [7, 11) is 3.38. The lowest BCUT2D eigenvalue weighted by molar-refractivity contribution is 0.152. The molecule has 0 aliphatic carbocycles. The van der Waals surface area contributed by atoms with Crippen LogP contribution in [0.3, 0.4) is 0 Å². The standard InChI is InChI=1S/C18H23N3O2.ClH/c1-22-16-4-3-15(18(11-16)23-2)13-21-10-9-20-12-17(21)14-5-7-19-8-6-14;/h3-8,11,17,20H,9-10,12-13H2,1-2H3;1H. The van der Waals surface area contributed by atoms with Gasteiger partial charge in [0, 0.05) is 56.2 Å². The largest absolute Gasteiger partial charge is 0.497 e. The summed E-state index contributed by atoms with van der Waals surface area (Å²) in [5.74, 6) is 1.69. The van der Waals surface area contributed by atoms with Crippen molar-refractivity contribution in [1.82, 2.24) is 15.2 Å². The molecule has 1 atom stereocenters. The van der Waals surface area contributed by atoms with Crippen molar-refractivity contribution < 1.29 is 9.47 Å². The topological polar surface area (TPSA) is 46.6 Å². The molecular formula is C18H24ClN3O2. The molecule has 1 aromatic carbocycles. The van der Waals surface area contributed by atoms with Gasteiger partial charge in [-0.05, 0) is 23.8 Å². The number of halogens is 1. The molecule has 0 bridgehead atoms. The van der Waals surface area contributed by atoms with Crippen LogP contribution in [-0.4, -0.2) is 43.7 Å². The van der Waals surface area contributed by atoms with Crippen LogP contribution in [-0.2, 0) is 6.54 Å². The predicted octanol–water partition coefficient (Wildman–Crippen LogP) is 2.67. The third kappa shape index (κ3) is 4.17. The molecule has 3 rings (SSSR count). The summed E-state index contributed by atoms with van der Waals surface area (Å²) in [4.78, 5) is 6.61. The van der Waals surface area contributed by atoms with Gasteiger partial charge in [-0.25, -0.2) is 0 Å². The zero-order valence-electron chi connectivity index (χ0n) is 14.1. The van der Waals surface area contributed by atoms with Gasteiger partial charge in [0.1, 0.15) is 11.5 Å². The fourth-order valence-corrected chi connectivity index (χ4v) is 3.05. The summed E-state index contributed by atoms with van der Waals surface area (Å²) >= 11 is 0. The number of piperazine rings is 1. The van der Waals surface area contributed by atoms with E-state index in [2.05, 4.69) is 33.4 Å². The molecule has 130 valence electrons. The quantitative estimate of drug-likeness (QED) is 0.899. The Kier molecular flexibility index (Phi) is 6.85. The van der Waals surface area contributed by atoms with Gasteiger partial charge in [-0.1, -0.05) is 6.07 Å². The van der Waals surface area contributed by atoms with Crippen molar-refractivity contribution in [1.29, 1.82) is 0 Å². The second-order valence-electron chi connectivity index (χ2n) is 5.65. The SMILES string of the molecule is COc1ccc(CN2CCNCC2c2ccncc2)c(OC)c1.Cl. The molecule has 5 nitrogen and oxygen atoms in total. The van der Waals surface area contributed by atoms with E-state index in [0.717, 1.165) is 37.7 Å². The summed E-state index contributed by atoms with van der Waals surface area (Å²) in [6.07, 6.45) is 3.71. The van der Waals surface area contributed by atoms with Crippen LogP contribution >= 0.6 is 12.4 Å². The van der Waals surface area contributed by atoms with Gasteiger partial charge in [0.25, 0.3) is 0 Å². The van der Waals surface area contributed by atoms with Crippen molar-refractivity contribution in [3.63, 3.8) is 0 Å². The van der Waals surface area contributed by atoms with Crippen LogP contribution in [0.4, 0.5) is 0 Å². The fourth-order valence-electron chi connectivity index (χ4n) is 3.05. The first kappa shape index (κ1) is 18.5. The molecule has 1 fully saturated rings. The first-order valence-electron chi connectivity index (χ1n) is 7.87. The average Bonchev–Trinajstić information content (AvgIpc) is 2.63. The molecule has 2 aromatic rings. The molecule has 0 saturated carbocycles. The number of nitrogens with zero attached hydrogens (tertiary/aromatic N) is 2. The van der Waals surface area contributed by atoms with Gasteiger partial charge in [0.15, 0.2) is 0 Å². The van der Waals surface area contributed by atoms with Gasteiger partial charge in [-0.2, -0.15) is 0 Å². The molecule has 24 heavy (non-hydrogen) atoms. The second-order valence-corrected chi connectivity index (χ2v) is 5.65. The summed E-state index contributed by atoms with van der Waals surface area (Å²) in [6, 6.07) is 10.5. The lowest BCUT2D eigenvalue weighted by Crippen LogP contribution is -2.45. The van der Waals surface area contributed by atoms with Crippen LogP contribution in [0.25, 0.3) is 0 Å². The fraction of sp³-hybridized carbons (Fsp3) is 0.389. The van der Waals surface area contributed by atoms with Gasteiger partial charge in [0.2, 0.25) is 0 Å². The monoisotopic (exact) mass is 349 g/mol. The van der Waals surface area contributed by atoms with Crippen molar-refractivity contribution in [2.75, 3.05) is 33.9 Å². The van der Waals surface area contributed by atoms with Gasteiger partial charge in [-0.3, -0.25) is 9.88 Å². The van der Waals surface area contributed by atoms with Crippen LogP contribution in [0.2, 0.25) is 0 Å². The Morgan fingerprint density at radius 2 is 1.96 bits per heavy atom. The van der Waals surface area contributed by atoms with Crippen molar-refractivity contribution in [3.05, 3.63) is 53.9 Å². The maximum Gasteiger partial charge on any atom is 0.127 e. The first-order chi connectivity index (χ1) is 11.3. The highest BCUT2D eigenvalue weighted by atomic mass is 35.5. The van der Waals surface area contributed by atoms with E-state index in [1.807, 2.05) is 24.5 Å². The molecule has 1 unspecified atom stereocenters. The highest BCUT2D eigenvalue weighted by Gasteiger charge is 2.24. The minimum atomic E-state index is 0. The molecule has 2 heterocycles. The number of hydrogen-bond donors (Lipinski definition) is 1. The average molecular weight is 350 g/mol. The van der Waals surface area contributed by atoms with E-state index < -0.39 is 0 Å². The van der Waals surface area contributed by atoms with E-state index in [1.54, 1.807) is 14.2 Å². The first-order valence-corrected chi connectivity index (χ1v) is 7.87. The lowest BCUT2D eigenvalue weighted by Gasteiger charge is -2.36. The maximum absolute atomic E-state index is 5.54.